The molecule has 0 unspecified atom stereocenters. The Bertz CT molecular complexity index is 346. The molecular formula is C18H33N2+. The predicted octanol–water partition coefficient (Wildman–Crippen LogP) is 5.95. The SMILES string of the molecule is CCCCCCCCC1=[N+]=NC(CCCCC(C)C)=C1. The van der Waals surface area contributed by atoms with Gasteiger partial charge in [0.15, 0.2) is 0 Å². The van der Waals surface area contributed by atoms with Crippen LogP contribution in [-0.4, -0.2) is 10.5 Å². The molecule has 0 radical (unpaired) electrons. The van der Waals surface area contributed by atoms with Crippen molar-refractivity contribution in [2.75, 3.05) is 0 Å². The maximum absolute atomic E-state index is 4.31. The molecule has 0 aromatic carbocycles. The quantitative estimate of drug-likeness (QED) is 0.311. The van der Waals surface area contributed by atoms with Gasteiger partial charge < -0.3 is 0 Å². The normalized spacial score (nSPS) is 14.0. The van der Waals surface area contributed by atoms with Gasteiger partial charge in [0, 0.05) is 0 Å². The molecule has 20 heavy (non-hydrogen) atoms. The summed E-state index contributed by atoms with van der Waals surface area (Å²) in [4.78, 5) is 4.31. The minimum Gasteiger partial charge on any atom is -0.0654 e. The van der Waals surface area contributed by atoms with Crippen LogP contribution < -0.4 is 0 Å². The van der Waals surface area contributed by atoms with E-state index in [0.717, 1.165) is 18.8 Å². The van der Waals surface area contributed by atoms with Crippen molar-refractivity contribution >= 4 is 5.71 Å². The Labute approximate surface area is 125 Å². The zero-order valence-corrected chi connectivity index (χ0v) is 13.8. The summed E-state index contributed by atoms with van der Waals surface area (Å²) in [5.74, 6) is 0.823. The molecule has 0 fully saturated rings. The first-order valence-electron chi connectivity index (χ1n) is 8.70. The highest BCUT2D eigenvalue weighted by Crippen LogP contribution is 2.16. The van der Waals surface area contributed by atoms with Crippen LogP contribution in [0.5, 0.6) is 0 Å². The van der Waals surface area contributed by atoms with Crippen molar-refractivity contribution in [3.63, 3.8) is 0 Å². The van der Waals surface area contributed by atoms with Crippen LogP contribution in [0.2, 0.25) is 0 Å². The van der Waals surface area contributed by atoms with Crippen LogP contribution in [-0.2, 0) is 0 Å². The second-order valence-corrected chi connectivity index (χ2v) is 6.48. The monoisotopic (exact) mass is 277 g/mol. The van der Waals surface area contributed by atoms with Crippen molar-refractivity contribution < 1.29 is 4.79 Å². The summed E-state index contributed by atoms with van der Waals surface area (Å²) in [5, 5.41) is 4.31. The molecule has 0 bridgehead atoms. The minimum atomic E-state index is 0.823. The maximum Gasteiger partial charge on any atom is 0.344 e. The fourth-order valence-corrected chi connectivity index (χ4v) is 2.57. The first-order valence-corrected chi connectivity index (χ1v) is 8.70. The summed E-state index contributed by atoms with van der Waals surface area (Å²) in [5.41, 5.74) is 2.41. The van der Waals surface area contributed by atoms with Crippen molar-refractivity contribution in [1.29, 1.82) is 0 Å². The molecule has 1 rings (SSSR count). The number of unbranched alkanes of at least 4 members (excludes halogenated alkanes) is 6. The molecule has 1 aliphatic rings. The Kier molecular flexibility index (Phi) is 9.32. The largest absolute Gasteiger partial charge is 0.344 e. The van der Waals surface area contributed by atoms with Gasteiger partial charge in [-0.05, 0) is 25.2 Å². The van der Waals surface area contributed by atoms with Crippen molar-refractivity contribution in [2.45, 2.75) is 91.4 Å². The van der Waals surface area contributed by atoms with E-state index in [1.807, 2.05) is 0 Å². The average molecular weight is 277 g/mol. The molecule has 0 spiro atoms. The molecule has 0 aromatic rings. The van der Waals surface area contributed by atoms with E-state index < -0.39 is 0 Å². The van der Waals surface area contributed by atoms with E-state index in [2.05, 4.69) is 36.8 Å². The van der Waals surface area contributed by atoms with Crippen molar-refractivity contribution in [3.05, 3.63) is 11.8 Å². The molecule has 1 aliphatic heterocycles. The smallest absolute Gasteiger partial charge is 0.0654 e. The third-order valence-electron chi connectivity index (χ3n) is 3.89. The van der Waals surface area contributed by atoms with E-state index in [4.69, 9.17) is 0 Å². The van der Waals surface area contributed by atoms with Crippen LogP contribution in [0, 0.1) is 5.92 Å². The van der Waals surface area contributed by atoms with Gasteiger partial charge in [0.25, 0.3) is 0 Å². The van der Waals surface area contributed by atoms with E-state index in [-0.39, 0.29) is 0 Å². The van der Waals surface area contributed by atoms with Gasteiger partial charge in [-0.25, -0.2) is 0 Å². The van der Waals surface area contributed by atoms with Gasteiger partial charge in [0.2, 0.25) is 0 Å². The first-order chi connectivity index (χ1) is 9.72. The molecule has 0 saturated carbocycles. The zero-order chi connectivity index (χ0) is 14.6. The standard InChI is InChI=1S/C18H33N2/c1-4-5-6-7-8-9-13-17-15-18(20-19-17)14-11-10-12-16(2)3/h15-16H,4-14H2,1-3H3/q+1. The van der Waals surface area contributed by atoms with Gasteiger partial charge in [-0.3, -0.25) is 0 Å². The third kappa shape index (κ3) is 8.32. The highest BCUT2D eigenvalue weighted by molar-refractivity contribution is 5.91. The molecule has 2 nitrogen and oxygen atoms in total. The zero-order valence-electron chi connectivity index (χ0n) is 13.8. The molecule has 1 heterocycles. The van der Waals surface area contributed by atoms with Gasteiger partial charge in [0.1, 0.15) is 10.8 Å². The summed E-state index contributed by atoms with van der Waals surface area (Å²) >= 11 is 0. The van der Waals surface area contributed by atoms with Crippen LogP contribution in [0.1, 0.15) is 91.4 Å². The Balaban J connectivity index is 2.04. The number of nitrogens with zero attached hydrogens (tertiary/aromatic N) is 2. The van der Waals surface area contributed by atoms with Crippen LogP contribution in [0.15, 0.2) is 16.9 Å². The summed E-state index contributed by atoms with van der Waals surface area (Å²) in [6.07, 6.45) is 16.5. The van der Waals surface area contributed by atoms with Gasteiger partial charge in [0.05, 0.1) is 17.3 Å². The Morgan fingerprint density at radius 3 is 2.40 bits per heavy atom. The second kappa shape index (κ2) is 10.9. The van der Waals surface area contributed by atoms with Crippen LogP contribution >= 0.6 is 0 Å². The summed E-state index contributed by atoms with van der Waals surface area (Å²) < 4.78 is 0. The lowest BCUT2D eigenvalue weighted by Crippen LogP contribution is -1.93. The van der Waals surface area contributed by atoms with E-state index in [9.17, 15) is 0 Å². The number of rotatable bonds is 12. The number of hydrogen-bond donors (Lipinski definition) is 0. The summed E-state index contributed by atoms with van der Waals surface area (Å²) in [7, 11) is 0. The summed E-state index contributed by atoms with van der Waals surface area (Å²) in [6.45, 7) is 6.85. The number of allylic oxidation sites excluding steroid dienone is 2. The number of hydrogen-bond acceptors (Lipinski definition) is 1. The van der Waals surface area contributed by atoms with Crippen LogP contribution in [0.4, 0.5) is 0 Å². The third-order valence-corrected chi connectivity index (χ3v) is 3.89. The Hall–Kier alpha value is -0.880. The van der Waals surface area contributed by atoms with Gasteiger partial charge in [-0.15, -0.1) is 0 Å². The van der Waals surface area contributed by atoms with Crippen LogP contribution in [0.25, 0.3) is 0 Å². The molecule has 0 saturated heterocycles. The minimum absolute atomic E-state index is 0.823. The molecular weight excluding hydrogens is 244 g/mol. The Morgan fingerprint density at radius 1 is 0.950 bits per heavy atom. The van der Waals surface area contributed by atoms with Crippen molar-refractivity contribution in [2.24, 2.45) is 11.0 Å². The van der Waals surface area contributed by atoms with E-state index >= 15 is 0 Å². The average Bonchev–Trinajstić information content (AvgIpc) is 2.86. The molecule has 0 atom stereocenters. The lowest BCUT2D eigenvalue weighted by atomic mass is 10.0. The van der Waals surface area contributed by atoms with E-state index in [0.29, 0.717) is 0 Å². The topological polar surface area (TPSA) is 26.5 Å². The summed E-state index contributed by atoms with van der Waals surface area (Å²) in [6, 6.07) is 0. The maximum atomic E-state index is 4.31. The van der Waals surface area contributed by atoms with E-state index in [1.54, 1.807) is 0 Å². The molecule has 0 amide bonds. The second-order valence-electron chi connectivity index (χ2n) is 6.48. The van der Waals surface area contributed by atoms with Crippen molar-refractivity contribution in [3.8, 4) is 0 Å². The highest BCUT2D eigenvalue weighted by Gasteiger charge is 2.17. The van der Waals surface area contributed by atoms with Gasteiger partial charge >= 0.3 is 5.71 Å². The van der Waals surface area contributed by atoms with Gasteiger partial charge in [-0.1, -0.05) is 65.7 Å². The highest BCUT2D eigenvalue weighted by atomic mass is 15.1. The Morgan fingerprint density at radius 2 is 1.65 bits per heavy atom. The molecule has 114 valence electrons. The molecule has 0 N–H and O–H groups in total. The lowest BCUT2D eigenvalue weighted by Gasteiger charge is -2.01. The van der Waals surface area contributed by atoms with Crippen molar-refractivity contribution in [1.82, 2.24) is 0 Å². The van der Waals surface area contributed by atoms with Crippen LogP contribution in [0.3, 0.4) is 0 Å². The molecule has 0 aliphatic carbocycles. The fourth-order valence-electron chi connectivity index (χ4n) is 2.57. The first kappa shape index (κ1) is 17.2. The van der Waals surface area contributed by atoms with Gasteiger partial charge in [-0.2, -0.15) is 0 Å². The molecule has 0 aromatic heterocycles. The van der Waals surface area contributed by atoms with E-state index in [1.165, 1.54) is 69.2 Å². The lowest BCUT2D eigenvalue weighted by molar-refractivity contribution is -0.0785. The fraction of sp³-hybridized carbons (Fsp3) is 0.833. The predicted molar refractivity (Wildman–Crippen MR) is 87.1 cm³/mol. The molecule has 2 heteroatoms.